The minimum Gasteiger partial charge on any atom is -0.459 e. The maximum atomic E-state index is 11.8. The van der Waals surface area contributed by atoms with Crippen molar-refractivity contribution in [2.24, 2.45) is 4.99 Å². The number of hydrogen-bond donors (Lipinski definition) is 1. The number of aliphatic imine (C=N–C) groups is 1. The number of nitrogens with one attached hydrogen (secondary N) is 1. The molecule has 0 amide bonds. The summed E-state index contributed by atoms with van der Waals surface area (Å²) in [5.74, 6) is 1.59. The molecule has 130 valence electrons. The van der Waals surface area contributed by atoms with E-state index in [2.05, 4.69) is 29.1 Å². The second kappa shape index (κ2) is 9.20. The second-order valence-electron chi connectivity index (χ2n) is 6.79. The number of guanidine groups is 1. The number of nitrogens with zero attached hydrogens (tertiary/aromatic N) is 2. The Morgan fingerprint density at radius 3 is 2.55 bits per heavy atom. The summed E-state index contributed by atoms with van der Waals surface area (Å²) in [7, 11) is 0. The SMILES string of the molecule is CCNC(=NCC(=O)OC(C)(C)C)N1CCSC(C)(C)C1.I. The predicted octanol–water partition coefficient (Wildman–Crippen LogP) is 2.74. The van der Waals surface area contributed by atoms with Crippen LogP contribution in [0.4, 0.5) is 0 Å². The number of carbonyl (C=O) groups is 1. The Kier molecular flexibility index (Phi) is 9.12. The summed E-state index contributed by atoms with van der Waals surface area (Å²) in [5.41, 5.74) is -0.464. The lowest BCUT2D eigenvalue weighted by Crippen LogP contribution is -2.51. The van der Waals surface area contributed by atoms with Crippen LogP contribution in [0, 0.1) is 0 Å². The van der Waals surface area contributed by atoms with E-state index in [0.717, 1.165) is 31.3 Å². The molecule has 1 aliphatic rings. The third-order valence-electron chi connectivity index (χ3n) is 2.84. The molecule has 0 radical (unpaired) electrons. The Labute approximate surface area is 156 Å². The Morgan fingerprint density at radius 2 is 2.05 bits per heavy atom. The molecule has 22 heavy (non-hydrogen) atoms. The van der Waals surface area contributed by atoms with Gasteiger partial charge in [-0.15, -0.1) is 24.0 Å². The molecule has 0 aromatic carbocycles. The Bertz CT molecular complexity index is 395. The van der Waals surface area contributed by atoms with Gasteiger partial charge in [-0.05, 0) is 41.5 Å². The van der Waals surface area contributed by atoms with E-state index in [1.807, 2.05) is 39.5 Å². The zero-order valence-corrected chi connectivity index (χ0v) is 17.7. The van der Waals surface area contributed by atoms with Gasteiger partial charge in [0.2, 0.25) is 0 Å². The third kappa shape index (κ3) is 8.45. The van der Waals surface area contributed by atoms with Gasteiger partial charge in [-0.2, -0.15) is 11.8 Å². The minimum atomic E-state index is -0.464. The van der Waals surface area contributed by atoms with Crippen molar-refractivity contribution in [2.45, 2.75) is 51.9 Å². The molecular formula is C15H30IN3O2S. The number of hydrogen-bond acceptors (Lipinski definition) is 4. The van der Waals surface area contributed by atoms with Crippen molar-refractivity contribution < 1.29 is 9.53 Å². The number of halogens is 1. The van der Waals surface area contributed by atoms with Gasteiger partial charge in [-0.25, -0.2) is 4.99 Å². The van der Waals surface area contributed by atoms with Crippen molar-refractivity contribution >= 4 is 47.7 Å². The first kappa shape index (κ1) is 21.8. The van der Waals surface area contributed by atoms with E-state index in [-0.39, 0.29) is 41.2 Å². The first-order valence-electron chi connectivity index (χ1n) is 7.52. The van der Waals surface area contributed by atoms with E-state index < -0.39 is 5.60 Å². The highest BCUT2D eigenvalue weighted by molar-refractivity contribution is 14.0. The van der Waals surface area contributed by atoms with E-state index in [9.17, 15) is 4.79 Å². The van der Waals surface area contributed by atoms with E-state index in [1.54, 1.807) is 0 Å². The molecule has 0 bridgehead atoms. The summed E-state index contributed by atoms with van der Waals surface area (Å²) < 4.78 is 5.51. The summed E-state index contributed by atoms with van der Waals surface area (Å²) in [6.07, 6.45) is 0. The number of ether oxygens (including phenoxy) is 1. The Hall–Kier alpha value is -0.180. The topological polar surface area (TPSA) is 53.9 Å². The first-order valence-corrected chi connectivity index (χ1v) is 8.50. The van der Waals surface area contributed by atoms with Gasteiger partial charge in [0.1, 0.15) is 12.1 Å². The summed E-state index contributed by atoms with van der Waals surface area (Å²) in [4.78, 5) is 18.5. The van der Waals surface area contributed by atoms with Crippen LogP contribution in [0.5, 0.6) is 0 Å². The average Bonchev–Trinajstić information content (AvgIpc) is 2.31. The van der Waals surface area contributed by atoms with Gasteiger partial charge in [0, 0.05) is 30.1 Å². The molecule has 0 atom stereocenters. The van der Waals surface area contributed by atoms with Crippen LogP contribution in [-0.4, -0.2) is 59.1 Å². The lowest BCUT2D eigenvalue weighted by atomic mass is 10.2. The van der Waals surface area contributed by atoms with Gasteiger partial charge in [0.15, 0.2) is 5.96 Å². The van der Waals surface area contributed by atoms with E-state index >= 15 is 0 Å². The molecule has 1 fully saturated rings. The number of esters is 1. The zero-order chi connectivity index (χ0) is 16.1. The van der Waals surface area contributed by atoms with Crippen molar-refractivity contribution in [1.82, 2.24) is 10.2 Å². The molecule has 1 aliphatic heterocycles. The van der Waals surface area contributed by atoms with Crippen LogP contribution in [0.1, 0.15) is 41.5 Å². The van der Waals surface area contributed by atoms with Crippen LogP contribution in [0.3, 0.4) is 0 Å². The van der Waals surface area contributed by atoms with Gasteiger partial charge in [-0.3, -0.25) is 4.79 Å². The van der Waals surface area contributed by atoms with Crippen LogP contribution in [0.25, 0.3) is 0 Å². The van der Waals surface area contributed by atoms with Crippen LogP contribution in [-0.2, 0) is 9.53 Å². The molecule has 5 nitrogen and oxygen atoms in total. The highest BCUT2D eigenvalue weighted by Gasteiger charge is 2.28. The number of carbonyl (C=O) groups excluding carboxylic acids is 1. The number of rotatable bonds is 3. The fourth-order valence-corrected chi connectivity index (χ4v) is 3.25. The molecule has 0 aromatic rings. The van der Waals surface area contributed by atoms with Crippen molar-refractivity contribution in [2.75, 3.05) is 31.9 Å². The molecule has 0 unspecified atom stereocenters. The van der Waals surface area contributed by atoms with Gasteiger partial charge in [-0.1, -0.05) is 0 Å². The third-order valence-corrected chi connectivity index (χ3v) is 4.14. The molecule has 0 saturated carbocycles. The zero-order valence-electron chi connectivity index (χ0n) is 14.6. The van der Waals surface area contributed by atoms with Crippen molar-refractivity contribution in [1.29, 1.82) is 0 Å². The van der Waals surface area contributed by atoms with Crippen molar-refractivity contribution in [3.05, 3.63) is 0 Å². The van der Waals surface area contributed by atoms with Gasteiger partial charge >= 0.3 is 5.97 Å². The summed E-state index contributed by atoms with van der Waals surface area (Å²) in [6.45, 7) is 14.8. The Balaban J connectivity index is 0.00000441. The largest absolute Gasteiger partial charge is 0.459 e. The molecule has 1 rings (SSSR count). The van der Waals surface area contributed by atoms with E-state index in [0.29, 0.717) is 0 Å². The lowest BCUT2D eigenvalue weighted by molar-refractivity contribution is -0.152. The number of thioether (sulfide) groups is 1. The first-order chi connectivity index (χ1) is 9.63. The highest BCUT2D eigenvalue weighted by Crippen LogP contribution is 2.29. The maximum Gasteiger partial charge on any atom is 0.328 e. The van der Waals surface area contributed by atoms with Gasteiger partial charge in [0.05, 0.1) is 0 Å². The Morgan fingerprint density at radius 1 is 1.41 bits per heavy atom. The molecule has 0 aromatic heterocycles. The molecular weight excluding hydrogens is 413 g/mol. The summed E-state index contributed by atoms with van der Waals surface area (Å²) >= 11 is 1.98. The molecule has 1 saturated heterocycles. The fraction of sp³-hybridized carbons (Fsp3) is 0.867. The molecule has 1 N–H and O–H groups in total. The van der Waals surface area contributed by atoms with Gasteiger partial charge < -0.3 is 15.0 Å². The van der Waals surface area contributed by atoms with E-state index in [4.69, 9.17) is 4.74 Å². The van der Waals surface area contributed by atoms with Crippen molar-refractivity contribution in [3.8, 4) is 0 Å². The average molecular weight is 443 g/mol. The van der Waals surface area contributed by atoms with Gasteiger partial charge in [0.25, 0.3) is 0 Å². The maximum absolute atomic E-state index is 11.8. The molecule has 1 heterocycles. The fourth-order valence-electron chi connectivity index (χ4n) is 2.14. The van der Waals surface area contributed by atoms with Crippen LogP contribution < -0.4 is 5.32 Å². The quantitative estimate of drug-likeness (QED) is 0.315. The standard InChI is InChI=1S/C15H29N3O2S.HI/c1-7-16-13(17-10-12(19)20-14(2,3)4)18-8-9-21-15(5,6)11-18;/h7-11H2,1-6H3,(H,16,17);1H. The minimum absolute atomic E-state index is 0. The summed E-state index contributed by atoms with van der Waals surface area (Å²) in [5, 5.41) is 3.27. The van der Waals surface area contributed by atoms with Crippen LogP contribution >= 0.6 is 35.7 Å². The monoisotopic (exact) mass is 443 g/mol. The summed E-state index contributed by atoms with van der Waals surface area (Å²) in [6, 6.07) is 0. The smallest absolute Gasteiger partial charge is 0.328 e. The predicted molar refractivity (Wildman–Crippen MR) is 105 cm³/mol. The van der Waals surface area contributed by atoms with Crippen LogP contribution in [0.2, 0.25) is 0 Å². The van der Waals surface area contributed by atoms with Crippen LogP contribution in [0.15, 0.2) is 4.99 Å². The molecule has 7 heteroatoms. The lowest BCUT2D eigenvalue weighted by Gasteiger charge is -2.39. The molecule has 0 aliphatic carbocycles. The van der Waals surface area contributed by atoms with E-state index in [1.165, 1.54) is 0 Å². The van der Waals surface area contributed by atoms with Crippen molar-refractivity contribution in [3.63, 3.8) is 0 Å². The molecule has 0 spiro atoms. The highest BCUT2D eigenvalue weighted by atomic mass is 127. The second-order valence-corrected chi connectivity index (χ2v) is 8.59. The normalized spacial score (nSPS) is 18.5.